The van der Waals surface area contributed by atoms with E-state index in [4.69, 9.17) is 0 Å². The first-order valence-corrected chi connectivity index (χ1v) is 6.76. The number of aliphatic hydroxyl groups is 1. The van der Waals surface area contributed by atoms with Crippen LogP contribution in [0, 0.1) is 13.8 Å². The lowest BCUT2D eigenvalue weighted by atomic mass is 10.0. The minimum Gasteiger partial charge on any atom is -0.391 e. The van der Waals surface area contributed by atoms with Crippen LogP contribution in [0.2, 0.25) is 0 Å². The van der Waals surface area contributed by atoms with Crippen LogP contribution in [-0.2, 0) is 11.2 Å². The second-order valence-corrected chi connectivity index (χ2v) is 5.15. The summed E-state index contributed by atoms with van der Waals surface area (Å²) >= 11 is 0. The topological polar surface area (TPSA) is 90.0 Å². The van der Waals surface area contributed by atoms with Gasteiger partial charge in [-0.3, -0.25) is 9.89 Å². The molecule has 2 atom stereocenters. The van der Waals surface area contributed by atoms with Crippen molar-refractivity contribution in [2.45, 2.75) is 45.3 Å². The molecule has 1 aliphatic rings. The highest BCUT2D eigenvalue weighted by atomic mass is 35.5. The number of aromatic nitrogens is 2. The summed E-state index contributed by atoms with van der Waals surface area (Å²) in [5, 5.41) is 22.9. The Morgan fingerprint density at radius 3 is 2.71 bits per heavy atom. The van der Waals surface area contributed by atoms with Gasteiger partial charge in [-0.25, -0.2) is 0 Å². The summed E-state index contributed by atoms with van der Waals surface area (Å²) in [6.45, 7) is 5.41. The number of hydrogen-bond donors (Lipinski definition) is 4. The van der Waals surface area contributed by atoms with Gasteiger partial charge in [0, 0.05) is 25.1 Å². The van der Waals surface area contributed by atoms with Gasteiger partial charge in [0.05, 0.1) is 17.8 Å². The molecule has 1 aromatic rings. The number of hydrogen-bond acceptors (Lipinski definition) is 4. The molecule has 1 aromatic heterocycles. The van der Waals surface area contributed by atoms with Gasteiger partial charge in [-0.15, -0.1) is 24.8 Å². The standard InChI is InChI=1S/C13H22N4O2.2ClH/c1-8-9(2)16-17-10(8)3-4-13(19)15-11-7-14-6-5-12(11)18;;/h11-12,14,18H,3-7H2,1-2H3,(H,15,19)(H,16,17);2*1H/t11-,12+;;/m0../s1. The van der Waals surface area contributed by atoms with Crippen molar-refractivity contribution in [2.24, 2.45) is 0 Å². The number of carbonyl (C=O) groups is 1. The van der Waals surface area contributed by atoms with Gasteiger partial charge in [-0.2, -0.15) is 5.10 Å². The van der Waals surface area contributed by atoms with Crippen molar-refractivity contribution in [1.29, 1.82) is 0 Å². The van der Waals surface area contributed by atoms with Gasteiger partial charge in [0.15, 0.2) is 0 Å². The van der Waals surface area contributed by atoms with Crippen LogP contribution in [0.1, 0.15) is 29.8 Å². The van der Waals surface area contributed by atoms with E-state index in [0.717, 1.165) is 23.5 Å². The van der Waals surface area contributed by atoms with Gasteiger partial charge >= 0.3 is 0 Å². The SMILES string of the molecule is Cc1[nH]nc(CCC(=O)N[C@H]2CNCC[C@H]2O)c1C.Cl.Cl. The quantitative estimate of drug-likeness (QED) is 0.648. The molecule has 1 aliphatic heterocycles. The van der Waals surface area contributed by atoms with Gasteiger partial charge in [-0.05, 0) is 32.4 Å². The van der Waals surface area contributed by atoms with Crippen LogP contribution in [0.5, 0.6) is 0 Å². The van der Waals surface area contributed by atoms with Crippen molar-refractivity contribution >= 4 is 30.7 Å². The van der Waals surface area contributed by atoms with E-state index in [1.807, 2.05) is 13.8 Å². The minimum absolute atomic E-state index is 0. The van der Waals surface area contributed by atoms with Gasteiger partial charge in [0.1, 0.15) is 0 Å². The molecule has 1 amide bonds. The summed E-state index contributed by atoms with van der Waals surface area (Å²) < 4.78 is 0. The maximum Gasteiger partial charge on any atom is 0.220 e. The first-order valence-electron chi connectivity index (χ1n) is 6.76. The van der Waals surface area contributed by atoms with E-state index in [0.29, 0.717) is 25.8 Å². The van der Waals surface area contributed by atoms with E-state index in [1.165, 1.54) is 0 Å². The molecule has 1 fully saturated rings. The molecule has 122 valence electrons. The fourth-order valence-electron chi connectivity index (χ4n) is 2.28. The zero-order valence-electron chi connectivity index (χ0n) is 12.3. The molecule has 8 heteroatoms. The van der Waals surface area contributed by atoms with Gasteiger partial charge < -0.3 is 15.7 Å². The predicted molar refractivity (Wildman–Crippen MR) is 86.3 cm³/mol. The van der Waals surface area contributed by atoms with Crippen LogP contribution in [0.25, 0.3) is 0 Å². The first kappa shape index (κ1) is 20.2. The average Bonchev–Trinajstić information content (AvgIpc) is 2.70. The Morgan fingerprint density at radius 1 is 1.43 bits per heavy atom. The third-order valence-electron chi connectivity index (χ3n) is 3.73. The number of piperidine rings is 1. The smallest absolute Gasteiger partial charge is 0.220 e. The zero-order chi connectivity index (χ0) is 13.8. The lowest BCUT2D eigenvalue weighted by Crippen LogP contribution is -2.53. The normalized spacial score (nSPS) is 21.1. The van der Waals surface area contributed by atoms with Crippen molar-refractivity contribution < 1.29 is 9.90 Å². The van der Waals surface area contributed by atoms with E-state index < -0.39 is 6.10 Å². The molecule has 0 spiro atoms. The molecule has 2 heterocycles. The summed E-state index contributed by atoms with van der Waals surface area (Å²) in [7, 11) is 0. The van der Waals surface area contributed by atoms with Gasteiger partial charge in [0.25, 0.3) is 0 Å². The minimum atomic E-state index is -0.445. The van der Waals surface area contributed by atoms with Crippen molar-refractivity contribution in [1.82, 2.24) is 20.8 Å². The second kappa shape index (κ2) is 9.25. The number of H-pyrrole nitrogens is 1. The molecule has 2 rings (SSSR count). The molecule has 6 nitrogen and oxygen atoms in total. The van der Waals surface area contributed by atoms with Crippen molar-refractivity contribution in [3.05, 3.63) is 17.0 Å². The van der Waals surface area contributed by atoms with Crippen LogP contribution in [0.4, 0.5) is 0 Å². The summed E-state index contributed by atoms with van der Waals surface area (Å²) in [5.41, 5.74) is 3.10. The van der Waals surface area contributed by atoms with Crippen LogP contribution < -0.4 is 10.6 Å². The van der Waals surface area contributed by atoms with Crippen LogP contribution in [0.3, 0.4) is 0 Å². The zero-order valence-corrected chi connectivity index (χ0v) is 13.9. The Balaban J connectivity index is 0.00000200. The van der Waals surface area contributed by atoms with Gasteiger partial charge in [0.2, 0.25) is 5.91 Å². The molecule has 0 radical (unpaired) electrons. The Bertz CT molecular complexity index is 453. The molecular weight excluding hydrogens is 315 g/mol. The summed E-state index contributed by atoms with van der Waals surface area (Å²) in [5.74, 6) is -0.0344. The molecule has 21 heavy (non-hydrogen) atoms. The number of halogens is 2. The molecule has 0 unspecified atom stereocenters. The fourth-order valence-corrected chi connectivity index (χ4v) is 2.28. The number of aliphatic hydroxyl groups excluding tert-OH is 1. The van der Waals surface area contributed by atoms with Crippen molar-refractivity contribution in [3.8, 4) is 0 Å². The summed E-state index contributed by atoms with van der Waals surface area (Å²) in [4.78, 5) is 11.9. The molecule has 0 aromatic carbocycles. The number of amides is 1. The number of nitrogens with zero attached hydrogens (tertiary/aromatic N) is 1. The molecular formula is C13H24Cl2N4O2. The van der Waals surface area contributed by atoms with Crippen molar-refractivity contribution in [3.63, 3.8) is 0 Å². The number of aryl methyl sites for hydroxylation is 2. The van der Waals surface area contributed by atoms with E-state index in [9.17, 15) is 9.90 Å². The van der Waals surface area contributed by atoms with Crippen molar-refractivity contribution in [2.75, 3.05) is 13.1 Å². The van der Waals surface area contributed by atoms with Crippen LogP contribution in [0.15, 0.2) is 0 Å². The maximum absolute atomic E-state index is 11.9. The first-order chi connectivity index (χ1) is 9.08. The average molecular weight is 339 g/mol. The van der Waals surface area contributed by atoms with Crippen LogP contribution in [-0.4, -0.2) is 46.4 Å². The highest BCUT2D eigenvalue weighted by molar-refractivity contribution is 5.85. The number of rotatable bonds is 4. The Kier molecular flexibility index (Phi) is 8.89. The molecule has 4 N–H and O–H groups in total. The van der Waals surface area contributed by atoms with Crippen LogP contribution >= 0.6 is 24.8 Å². The Morgan fingerprint density at radius 2 is 2.14 bits per heavy atom. The largest absolute Gasteiger partial charge is 0.391 e. The maximum atomic E-state index is 11.9. The van der Waals surface area contributed by atoms with E-state index >= 15 is 0 Å². The predicted octanol–water partition coefficient (Wildman–Crippen LogP) is 0.642. The third-order valence-corrected chi connectivity index (χ3v) is 3.73. The molecule has 0 bridgehead atoms. The number of aromatic amines is 1. The summed E-state index contributed by atoms with van der Waals surface area (Å²) in [6, 6.07) is -0.178. The molecule has 0 aliphatic carbocycles. The fraction of sp³-hybridized carbons (Fsp3) is 0.692. The Labute approximate surface area is 137 Å². The highest BCUT2D eigenvalue weighted by Crippen LogP contribution is 2.10. The second-order valence-electron chi connectivity index (χ2n) is 5.15. The lowest BCUT2D eigenvalue weighted by molar-refractivity contribution is -0.122. The highest BCUT2D eigenvalue weighted by Gasteiger charge is 2.24. The molecule has 1 saturated heterocycles. The van der Waals surface area contributed by atoms with E-state index in [-0.39, 0.29) is 36.8 Å². The van der Waals surface area contributed by atoms with Gasteiger partial charge in [-0.1, -0.05) is 0 Å². The monoisotopic (exact) mass is 338 g/mol. The van der Waals surface area contributed by atoms with E-state index in [2.05, 4.69) is 20.8 Å². The number of nitrogens with one attached hydrogen (secondary N) is 3. The summed E-state index contributed by atoms with van der Waals surface area (Å²) in [6.07, 6.45) is 1.26. The lowest BCUT2D eigenvalue weighted by Gasteiger charge is -2.29. The van der Waals surface area contributed by atoms with E-state index in [1.54, 1.807) is 0 Å². The third kappa shape index (κ3) is 5.47. The number of carbonyl (C=O) groups excluding carboxylic acids is 1. The Hall–Kier alpha value is -0.820. The molecule has 0 saturated carbocycles.